The maximum Gasteiger partial charge on any atom is 0.405 e. The number of amides is 1. The van der Waals surface area contributed by atoms with E-state index in [-0.39, 0.29) is 0 Å². The van der Waals surface area contributed by atoms with Gasteiger partial charge >= 0.3 is 12.1 Å². The lowest BCUT2D eigenvalue weighted by molar-refractivity contribution is -0.173. The van der Waals surface area contributed by atoms with Gasteiger partial charge in [-0.3, -0.25) is 4.79 Å². The molecule has 0 atom stereocenters. The molecule has 0 heterocycles. The quantitative estimate of drug-likeness (QED) is 0.775. The van der Waals surface area contributed by atoms with Gasteiger partial charge in [0.1, 0.15) is 12.1 Å². The largest absolute Gasteiger partial charge is 0.405 e. The fourth-order valence-corrected chi connectivity index (χ4v) is 1.55. The Labute approximate surface area is 115 Å². The van der Waals surface area contributed by atoms with Crippen LogP contribution in [-0.4, -0.2) is 30.1 Å². The number of carbonyl (C=O) groups is 2. The summed E-state index contributed by atoms with van der Waals surface area (Å²) in [4.78, 5) is 28.2. The fourth-order valence-electron chi connectivity index (χ4n) is 1.55. The van der Waals surface area contributed by atoms with Crippen molar-refractivity contribution in [2.24, 2.45) is 5.41 Å². The third kappa shape index (κ3) is 4.36. The number of hydrogen-bond donors (Lipinski definition) is 2. The summed E-state index contributed by atoms with van der Waals surface area (Å²) >= 11 is 0. The van der Waals surface area contributed by atoms with Crippen LogP contribution in [0.2, 0.25) is 0 Å². The molecule has 2 N–H and O–H groups in total. The van der Waals surface area contributed by atoms with Crippen molar-refractivity contribution in [3.8, 4) is 0 Å². The molecule has 5 nitrogen and oxygen atoms in total. The van der Waals surface area contributed by atoms with E-state index in [9.17, 15) is 22.8 Å². The Bertz CT molecular complexity index is 384. The van der Waals surface area contributed by atoms with E-state index in [1.165, 1.54) is 0 Å². The Morgan fingerprint density at radius 2 is 1.75 bits per heavy atom. The van der Waals surface area contributed by atoms with E-state index in [0.29, 0.717) is 19.3 Å². The van der Waals surface area contributed by atoms with Crippen LogP contribution in [0.1, 0.15) is 40.0 Å². The molecule has 0 saturated heterocycles. The molecule has 1 aliphatic rings. The van der Waals surface area contributed by atoms with Gasteiger partial charge in [0.25, 0.3) is 0 Å². The first-order valence-electron chi connectivity index (χ1n) is 6.30. The molecule has 20 heavy (non-hydrogen) atoms. The highest BCUT2D eigenvalue weighted by Gasteiger charge is 2.47. The maximum absolute atomic E-state index is 12.1. The zero-order valence-electron chi connectivity index (χ0n) is 11.7. The van der Waals surface area contributed by atoms with Crippen LogP contribution in [0.15, 0.2) is 0 Å². The van der Waals surface area contributed by atoms with Gasteiger partial charge in [-0.25, -0.2) is 4.79 Å². The van der Waals surface area contributed by atoms with Crippen molar-refractivity contribution in [2.45, 2.75) is 51.7 Å². The second-order valence-corrected chi connectivity index (χ2v) is 5.98. The van der Waals surface area contributed by atoms with Crippen molar-refractivity contribution in [1.29, 1.82) is 0 Å². The second kappa shape index (κ2) is 5.59. The molecule has 0 aromatic carbocycles. The van der Waals surface area contributed by atoms with Crippen LogP contribution in [0.5, 0.6) is 0 Å². The molecule has 0 aromatic rings. The van der Waals surface area contributed by atoms with Crippen LogP contribution in [-0.2, 0) is 14.4 Å². The molecule has 1 rings (SSSR count). The topological polar surface area (TPSA) is 67.4 Å². The van der Waals surface area contributed by atoms with Crippen LogP contribution in [0, 0.1) is 5.41 Å². The summed E-state index contributed by atoms with van der Waals surface area (Å²) in [6.45, 7) is 3.50. The molecule has 0 unspecified atom stereocenters. The molecular weight excluding hydrogens is 277 g/mol. The van der Waals surface area contributed by atoms with Crippen LogP contribution in [0.4, 0.5) is 13.2 Å². The Hall–Kier alpha value is -1.31. The van der Waals surface area contributed by atoms with Crippen molar-refractivity contribution in [1.82, 2.24) is 10.8 Å². The smallest absolute Gasteiger partial charge is 0.369 e. The van der Waals surface area contributed by atoms with Gasteiger partial charge in [0.15, 0.2) is 0 Å². The van der Waals surface area contributed by atoms with E-state index >= 15 is 0 Å². The van der Waals surface area contributed by atoms with Gasteiger partial charge in [-0.2, -0.15) is 13.2 Å². The average Bonchev–Trinajstić information content (AvgIpc) is 2.22. The van der Waals surface area contributed by atoms with E-state index in [2.05, 4.69) is 5.48 Å². The number of carbonyl (C=O) groups excluding carboxylic acids is 2. The molecule has 0 aromatic heterocycles. The van der Waals surface area contributed by atoms with Gasteiger partial charge in [-0.1, -0.05) is 0 Å². The summed E-state index contributed by atoms with van der Waals surface area (Å²) in [5, 5.41) is 1.81. The molecule has 116 valence electrons. The van der Waals surface area contributed by atoms with E-state index < -0.39 is 35.6 Å². The summed E-state index contributed by atoms with van der Waals surface area (Å²) in [7, 11) is 0. The maximum atomic E-state index is 12.1. The Morgan fingerprint density at radius 3 is 2.10 bits per heavy atom. The van der Waals surface area contributed by atoms with Crippen molar-refractivity contribution < 1.29 is 27.6 Å². The predicted octanol–water partition coefficient (Wildman–Crippen LogP) is 1.68. The predicted molar refractivity (Wildman–Crippen MR) is 64.3 cm³/mol. The van der Waals surface area contributed by atoms with Gasteiger partial charge in [-0.05, 0) is 40.0 Å². The van der Waals surface area contributed by atoms with Crippen molar-refractivity contribution in [3.63, 3.8) is 0 Å². The SMILES string of the molecule is CC(C)(C)C(=O)ONC1(C(=O)NCC(F)(F)F)CCC1. The highest BCUT2D eigenvalue weighted by atomic mass is 19.4. The van der Waals surface area contributed by atoms with Crippen molar-refractivity contribution in [3.05, 3.63) is 0 Å². The summed E-state index contributed by atoms with van der Waals surface area (Å²) in [5.41, 5.74) is 0.339. The summed E-state index contributed by atoms with van der Waals surface area (Å²) < 4.78 is 36.2. The van der Waals surface area contributed by atoms with Crippen molar-refractivity contribution >= 4 is 11.9 Å². The lowest BCUT2D eigenvalue weighted by Crippen LogP contribution is -2.62. The van der Waals surface area contributed by atoms with Crippen LogP contribution < -0.4 is 10.8 Å². The molecular formula is C12H19F3N2O3. The molecule has 0 bridgehead atoms. The third-order valence-corrected chi connectivity index (χ3v) is 3.04. The highest BCUT2D eigenvalue weighted by molar-refractivity contribution is 5.87. The first-order chi connectivity index (χ1) is 8.96. The number of hydrogen-bond acceptors (Lipinski definition) is 4. The Morgan fingerprint density at radius 1 is 1.20 bits per heavy atom. The number of nitrogens with one attached hydrogen (secondary N) is 2. The standard InChI is InChI=1S/C12H19F3N2O3/c1-10(2,3)9(19)20-17-11(5-4-6-11)8(18)16-7-12(13,14)15/h17H,4-7H2,1-3H3,(H,16,18). The molecule has 0 radical (unpaired) electrons. The average molecular weight is 296 g/mol. The summed E-state index contributed by atoms with van der Waals surface area (Å²) in [5.74, 6) is -1.38. The zero-order valence-corrected chi connectivity index (χ0v) is 11.7. The Kier molecular flexibility index (Phi) is 4.68. The van der Waals surface area contributed by atoms with Crippen LogP contribution in [0.25, 0.3) is 0 Å². The third-order valence-electron chi connectivity index (χ3n) is 3.04. The van der Waals surface area contributed by atoms with Gasteiger partial charge in [0.05, 0.1) is 5.41 Å². The highest BCUT2D eigenvalue weighted by Crippen LogP contribution is 2.32. The number of rotatable bonds is 4. The lowest BCUT2D eigenvalue weighted by atomic mass is 9.76. The first kappa shape index (κ1) is 16.7. The second-order valence-electron chi connectivity index (χ2n) is 5.98. The first-order valence-corrected chi connectivity index (χ1v) is 6.30. The van der Waals surface area contributed by atoms with Gasteiger partial charge in [-0.15, -0.1) is 5.48 Å². The number of halogens is 3. The fraction of sp³-hybridized carbons (Fsp3) is 0.833. The normalized spacial score (nSPS) is 18.1. The summed E-state index contributed by atoms with van der Waals surface area (Å²) in [6, 6.07) is 0. The van der Waals surface area contributed by atoms with E-state index in [1.807, 2.05) is 5.32 Å². The van der Waals surface area contributed by atoms with Crippen LogP contribution in [0.3, 0.4) is 0 Å². The zero-order chi connectivity index (χ0) is 15.6. The van der Waals surface area contributed by atoms with E-state index in [4.69, 9.17) is 4.84 Å². The molecule has 1 saturated carbocycles. The molecule has 1 fully saturated rings. The van der Waals surface area contributed by atoms with Crippen LogP contribution >= 0.6 is 0 Å². The van der Waals surface area contributed by atoms with E-state index in [1.54, 1.807) is 20.8 Å². The minimum atomic E-state index is -4.47. The molecule has 1 amide bonds. The van der Waals surface area contributed by atoms with Gasteiger partial charge in [0, 0.05) is 0 Å². The molecule has 8 heteroatoms. The minimum absolute atomic E-state index is 0.327. The minimum Gasteiger partial charge on any atom is -0.369 e. The Balaban J connectivity index is 2.55. The number of alkyl halides is 3. The number of hydroxylamine groups is 1. The summed E-state index contributed by atoms with van der Waals surface area (Å²) in [6.07, 6.45) is -3.13. The van der Waals surface area contributed by atoms with E-state index in [0.717, 1.165) is 0 Å². The molecule has 1 aliphatic carbocycles. The molecule has 0 aliphatic heterocycles. The van der Waals surface area contributed by atoms with Gasteiger partial charge < -0.3 is 10.2 Å². The molecule has 0 spiro atoms. The van der Waals surface area contributed by atoms with Crippen molar-refractivity contribution in [2.75, 3.05) is 6.54 Å². The lowest BCUT2D eigenvalue weighted by Gasteiger charge is -2.40. The monoisotopic (exact) mass is 296 g/mol. The van der Waals surface area contributed by atoms with Gasteiger partial charge in [0.2, 0.25) is 5.91 Å².